The number of hydrogen-bond acceptors (Lipinski definition) is 8. The largest absolute Gasteiger partial charge is 0.393 e. The molecule has 1 saturated heterocycles. The van der Waals surface area contributed by atoms with E-state index >= 15 is 0 Å². The second-order valence-electron chi connectivity index (χ2n) is 9.38. The summed E-state index contributed by atoms with van der Waals surface area (Å²) in [5.41, 5.74) is 7.65. The number of amides is 2. The molecule has 2 aliphatic rings. The number of piperazine rings is 1. The van der Waals surface area contributed by atoms with Crippen LogP contribution in [0.3, 0.4) is 0 Å². The zero-order chi connectivity index (χ0) is 24.9. The number of aliphatic hydroxyl groups is 1. The summed E-state index contributed by atoms with van der Waals surface area (Å²) in [5.74, 6) is 0.233. The number of rotatable bonds is 7. The number of aryl methyl sites for hydroxylation is 1. The molecular weight excluding hydrogens is 446 g/mol. The zero-order valence-corrected chi connectivity index (χ0v) is 20.5. The van der Waals surface area contributed by atoms with Crippen molar-refractivity contribution in [3.05, 3.63) is 41.2 Å². The van der Waals surface area contributed by atoms with Crippen LogP contribution in [-0.2, 0) is 6.42 Å². The van der Waals surface area contributed by atoms with Crippen molar-refractivity contribution < 1.29 is 14.7 Å². The highest BCUT2D eigenvalue weighted by molar-refractivity contribution is 5.97. The van der Waals surface area contributed by atoms with Gasteiger partial charge in [0.25, 0.3) is 11.8 Å². The second-order valence-corrected chi connectivity index (χ2v) is 9.38. The van der Waals surface area contributed by atoms with Gasteiger partial charge < -0.3 is 31.3 Å². The van der Waals surface area contributed by atoms with Crippen LogP contribution in [0.1, 0.15) is 59.1 Å². The summed E-state index contributed by atoms with van der Waals surface area (Å²) in [6.45, 7) is 5.11. The van der Waals surface area contributed by atoms with Crippen molar-refractivity contribution in [1.29, 1.82) is 0 Å². The number of carbonyl (C=O) groups excluding carboxylic acids is 2. The third-order valence-corrected chi connectivity index (χ3v) is 6.76. The molecule has 10 nitrogen and oxygen atoms in total. The Hall–Kier alpha value is -3.24. The maximum Gasteiger partial charge on any atom is 0.271 e. The topological polar surface area (TPSA) is 137 Å². The Morgan fingerprint density at radius 2 is 1.69 bits per heavy atom. The molecule has 0 spiro atoms. The van der Waals surface area contributed by atoms with Gasteiger partial charge in [0, 0.05) is 43.5 Å². The molecule has 35 heavy (non-hydrogen) atoms. The highest BCUT2D eigenvalue weighted by Crippen LogP contribution is 2.26. The van der Waals surface area contributed by atoms with Gasteiger partial charge in [0.15, 0.2) is 11.5 Å². The highest BCUT2D eigenvalue weighted by atomic mass is 16.3. The number of benzene rings is 1. The molecule has 2 aromatic rings. The van der Waals surface area contributed by atoms with Crippen molar-refractivity contribution in [3.8, 4) is 0 Å². The average Bonchev–Trinajstić information content (AvgIpc) is 2.86. The number of aromatic nitrogens is 2. The molecule has 10 heteroatoms. The molecule has 0 unspecified atom stereocenters. The van der Waals surface area contributed by atoms with E-state index in [0.29, 0.717) is 42.3 Å². The second kappa shape index (κ2) is 11.0. The van der Waals surface area contributed by atoms with Gasteiger partial charge in [0.1, 0.15) is 5.82 Å². The lowest BCUT2D eigenvalue weighted by atomic mass is 9.93. The average molecular weight is 482 g/mol. The maximum absolute atomic E-state index is 12.8. The molecule has 1 aromatic carbocycles. The summed E-state index contributed by atoms with van der Waals surface area (Å²) in [6.07, 6.45) is 3.52. The van der Waals surface area contributed by atoms with E-state index < -0.39 is 5.91 Å². The van der Waals surface area contributed by atoms with Crippen molar-refractivity contribution in [2.24, 2.45) is 5.73 Å². The molecule has 2 heterocycles. The van der Waals surface area contributed by atoms with Crippen LogP contribution in [0.15, 0.2) is 24.3 Å². The van der Waals surface area contributed by atoms with E-state index in [4.69, 9.17) is 5.73 Å². The van der Waals surface area contributed by atoms with Gasteiger partial charge in [-0.1, -0.05) is 6.92 Å². The Kier molecular flexibility index (Phi) is 7.82. The molecule has 2 amide bonds. The number of nitrogens with two attached hydrogens (primary N) is 1. The number of nitrogens with zero attached hydrogens (tertiary/aromatic N) is 4. The van der Waals surface area contributed by atoms with Gasteiger partial charge in [0.05, 0.1) is 11.8 Å². The van der Waals surface area contributed by atoms with Crippen LogP contribution in [0, 0.1) is 0 Å². The molecule has 1 saturated carbocycles. The first kappa shape index (κ1) is 24.9. The van der Waals surface area contributed by atoms with Crippen molar-refractivity contribution >= 4 is 29.1 Å². The van der Waals surface area contributed by atoms with Crippen molar-refractivity contribution in [3.63, 3.8) is 0 Å². The standard InChI is InChI=1S/C25H35N7O3/c1-3-20-23(27-18-8-10-19(33)11-9-18)30-24(21(29-20)22(26)34)28-17-6-4-16(5-7-17)25(35)32-14-12-31(2)13-15-32/h4-7,18-19,33H,3,8-15H2,1-2H3,(H2,26,34)(H2,27,28,30). The fraction of sp³-hybridized carbons (Fsp3) is 0.520. The maximum atomic E-state index is 12.8. The SMILES string of the molecule is CCc1nc(C(N)=O)c(Nc2ccc(C(=O)N3CCN(C)CC3)cc2)nc1NC1CCC(O)CC1. The third kappa shape index (κ3) is 6.07. The fourth-order valence-corrected chi connectivity index (χ4v) is 4.53. The molecule has 188 valence electrons. The lowest BCUT2D eigenvalue weighted by molar-refractivity contribution is 0.0664. The first-order valence-electron chi connectivity index (χ1n) is 12.3. The van der Waals surface area contributed by atoms with Crippen LogP contribution >= 0.6 is 0 Å². The first-order valence-corrected chi connectivity index (χ1v) is 12.3. The summed E-state index contributed by atoms with van der Waals surface area (Å²) in [6, 6.07) is 7.31. The molecule has 0 bridgehead atoms. The lowest BCUT2D eigenvalue weighted by Crippen LogP contribution is -2.47. The number of primary amides is 1. The fourth-order valence-electron chi connectivity index (χ4n) is 4.53. The Balaban J connectivity index is 1.52. The smallest absolute Gasteiger partial charge is 0.271 e. The number of likely N-dealkylation sites (N-methyl/N-ethyl adjacent to an activating group) is 1. The molecule has 0 atom stereocenters. The van der Waals surface area contributed by atoms with Crippen LogP contribution < -0.4 is 16.4 Å². The van der Waals surface area contributed by atoms with Gasteiger partial charge in [-0.2, -0.15) is 0 Å². The Labute approximate surface area is 205 Å². The van der Waals surface area contributed by atoms with E-state index in [1.165, 1.54) is 0 Å². The third-order valence-electron chi connectivity index (χ3n) is 6.76. The van der Waals surface area contributed by atoms with Gasteiger partial charge in [-0.05, 0) is 63.4 Å². The summed E-state index contributed by atoms with van der Waals surface area (Å²) in [4.78, 5) is 38.2. The van der Waals surface area contributed by atoms with E-state index in [-0.39, 0.29) is 29.6 Å². The number of nitrogens with one attached hydrogen (secondary N) is 2. The monoisotopic (exact) mass is 481 g/mol. The predicted molar refractivity (Wildman–Crippen MR) is 135 cm³/mol. The lowest BCUT2D eigenvalue weighted by Gasteiger charge is -2.32. The van der Waals surface area contributed by atoms with Gasteiger partial charge in [-0.25, -0.2) is 9.97 Å². The normalized spacial score (nSPS) is 20.9. The van der Waals surface area contributed by atoms with Gasteiger partial charge in [-0.15, -0.1) is 0 Å². The van der Waals surface area contributed by atoms with E-state index in [1.54, 1.807) is 24.3 Å². The molecule has 2 fully saturated rings. The van der Waals surface area contributed by atoms with Gasteiger partial charge in [0.2, 0.25) is 0 Å². The molecule has 1 aliphatic heterocycles. The number of hydrogen-bond donors (Lipinski definition) is 4. The van der Waals surface area contributed by atoms with Crippen LogP contribution in [0.2, 0.25) is 0 Å². The minimum absolute atomic E-state index is 0.0126. The molecule has 1 aromatic heterocycles. The van der Waals surface area contributed by atoms with Crippen LogP contribution in [-0.4, -0.2) is 82.1 Å². The Bertz CT molecular complexity index is 1040. The van der Waals surface area contributed by atoms with Crippen LogP contribution in [0.25, 0.3) is 0 Å². The zero-order valence-electron chi connectivity index (χ0n) is 20.5. The molecule has 0 radical (unpaired) electrons. The molecule has 1 aliphatic carbocycles. The summed E-state index contributed by atoms with van der Waals surface area (Å²) in [7, 11) is 2.05. The number of aliphatic hydroxyl groups excluding tert-OH is 1. The minimum atomic E-state index is -0.663. The van der Waals surface area contributed by atoms with E-state index in [2.05, 4.69) is 32.5 Å². The molecule has 4 rings (SSSR count). The van der Waals surface area contributed by atoms with Crippen molar-refractivity contribution in [2.45, 2.75) is 51.2 Å². The van der Waals surface area contributed by atoms with E-state index in [0.717, 1.165) is 38.8 Å². The first-order chi connectivity index (χ1) is 16.8. The number of carbonyl (C=O) groups is 2. The van der Waals surface area contributed by atoms with Crippen molar-refractivity contribution in [1.82, 2.24) is 19.8 Å². The van der Waals surface area contributed by atoms with E-state index in [1.807, 2.05) is 11.8 Å². The quantitative estimate of drug-likeness (QED) is 0.471. The van der Waals surface area contributed by atoms with Crippen LogP contribution in [0.5, 0.6) is 0 Å². The highest BCUT2D eigenvalue weighted by Gasteiger charge is 2.23. The molecular formula is C25H35N7O3. The summed E-state index contributed by atoms with van der Waals surface area (Å²) < 4.78 is 0. The van der Waals surface area contributed by atoms with Gasteiger partial charge in [-0.3, -0.25) is 9.59 Å². The number of anilines is 3. The molecule has 5 N–H and O–H groups in total. The van der Waals surface area contributed by atoms with Crippen molar-refractivity contribution in [2.75, 3.05) is 43.9 Å². The van der Waals surface area contributed by atoms with Crippen LogP contribution in [0.4, 0.5) is 17.3 Å². The van der Waals surface area contributed by atoms with E-state index in [9.17, 15) is 14.7 Å². The predicted octanol–water partition coefficient (Wildman–Crippen LogP) is 1.98. The minimum Gasteiger partial charge on any atom is -0.393 e. The Morgan fingerprint density at radius 3 is 2.29 bits per heavy atom. The summed E-state index contributed by atoms with van der Waals surface area (Å²) in [5, 5.41) is 16.4. The van der Waals surface area contributed by atoms with Gasteiger partial charge >= 0.3 is 0 Å². The summed E-state index contributed by atoms with van der Waals surface area (Å²) >= 11 is 0. The Morgan fingerprint density at radius 1 is 1.03 bits per heavy atom.